The molecule has 2 aliphatic heterocycles. The van der Waals surface area contributed by atoms with Gasteiger partial charge in [0.05, 0.1) is 6.04 Å². The van der Waals surface area contributed by atoms with Gasteiger partial charge in [-0.25, -0.2) is 0 Å². The number of nitrogens with one attached hydrogen (secondary N) is 1. The fourth-order valence-electron chi connectivity index (χ4n) is 1.03. The van der Waals surface area contributed by atoms with E-state index in [0.29, 0.717) is 6.04 Å². The van der Waals surface area contributed by atoms with Gasteiger partial charge in [0.1, 0.15) is 0 Å². The Morgan fingerprint density at radius 3 is 3.11 bits per heavy atom. The van der Waals surface area contributed by atoms with Crippen LogP contribution >= 0.6 is 0 Å². The summed E-state index contributed by atoms with van der Waals surface area (Å²) >= 11 is 0. The number of hydrogen-bond acceptors (Lipinski definition) is 2. The predicted octanol–water partition coefficient (Wildman–Crippen LogP) is 0.772. The van der Waals surface area contributed by atoms with Gasteiger partial charge in [0, 0.05) is 12.4 Å². The van der Waals surface area contributed by atoms with Gasteiger partial charge in [0.2, 0.25) is 0 Å². The van der Waals surface area contributed by atoms with Crippen LogP contribution in [0.2, 0.25) is 0 Å². The molecule has 0 radical (unpaired) electrons. The zero-order valence-corrected chi connectivity index (χ0v) is 4.99. The van der Waals surface area contributed by atoms with Crippen LogP contribution in [0.5, 0.6) is 0 Å². The molecule has 0 aromatic rings. The summed E-state index contributed by atoms with van der Waals surface area (Å²) in [5, 5.41) is 2.04. The molecule has 0 spiro atoms. The Morgan fingerprint density at radius 2 is 2.22 bits per heavy atom. The van der Waals surface area contributed by atoms with Gasteiger partial charge in [-0.15, -0.1) is 0 Å². The second-order valence-corrected chi connectivity index (χ2v) is 2.11. The van der Waals surface area contributed by atoms with E-state index in [9.17, 15) is 0 Å². The Hall–Kier alpha value is -1.18. The van der Waals surface area contributed by atoms with Gasteiger partial charge in [0.25, 0.3) is 0 Å². The standard InChI is InChI=1S/C7H8N2/c1-2-6-9-7(3-1)4-5-8-9/h1-8H. The van der Waals surface area contributed by atoms with Crippen molar-refractivity contribution in [3.8, 4) is 0 Å². The lowest BCUT2D eigenvalue weighted by Crippen LogP contribution is -2.31. The van der Waals surface area contributed by atoms with Crippen LogP contribution in [0.1, 0.15) is 0 Å². The van der Waals surface area contributed by atoms with E-state index in [-0.39, 0.29) is 0 Å². The average Bonchev–Trinajstić information content (AvgIpc) is 2.33. The van der Waals surface area contributed by atoms with Crippen LogP contribution in [-0.2, 0) is 0 Å². The number of fused-ring (bicyclic) bond motifs is 1. The van der Waals surface area contributed by atoms with Crippen molar-refractivity contribution in [2.45, 2.75) is 6.04 Å². The largest absolute Gasteiger partial charge is 0.306 e. The maximum atomic E-state index is 3.07. The lowest BCUT2D eigenvalue weighted by atomic mass is 10.2. The molecule has 2 rings (SSSR count). The molecule has 2 heteroatoms. The fraction of sp³-hybridized carbons (Fsp3) is 0.143. The summed E-state index contributed by atoms with van der Waals surface area (Å²) < 4.78 is 0. The molecule has 1 unspecified atom stereocenters. The van der Waals surface area contributed by atoms with Gasteiger partial charge in [-0.3, -0.25) is 5.01 Å². The number of hydrazine groups is 1. The Kier molecular flexibility index (Phi) is 0.859. The van der Waals surface area contributed by atoms with Crippen molar-refractivity contribution in [3.63, 3.8) is 0 Å². The van der Waals surface area contributed by atoms with Gasteiger partial charge in [-0.05, 0) is 12.2 Å². The first-order chi connectivity index (χ1) is 4.47. The molecule has 0 bridgehead atoms. The van der Waals surface area contributed by atoms with Crippen molar-refractivity contribution in [2.75, 3.05) is 0 Å². The van der Waals surface area contributed by atoms with E-state index in [4.69, 9.17) is 0 Å². The first kappa shape index (κ1) is 4.68. The van der Waals surface area contributed by atoms with Crippen molar-refractivity contribution in [1.82, 2.24) is 10.4 Å². The molecule has 0 aliphatic carbocycles. The van der Waals surface area contributed by atoms with Crippen LogP contribution in [0.15, 0.2) is 36.7 Å². The monoisotopic (exact) mass is 120 g/mol. The lowest BCUT2D eigenvalue weighted by Gasteiger charge is -2.21. The SMILES string of the molecule is C1=CC2C=CNN2C=C1. The van der Waals surface area contributed by atoms with Crippen LogP contribution in [0, 0.1) is 0 Å². The predicted molar refractivity (Wildman–Crippen MR) is 36.2 cm³/mol. The molecule has 46 valence electrons. The molecule has 0 fully saturated rings. The maximum Gasteiger partial charge on any atom is 0.0878 e. The number of rotatable bonds is 0. The third-order valence-electron chi connectivity index (χ3n) is 1.50. The van der Waals surface area contributed by atoms with Crippen molar-refractivity contribution in [2.24, 2.45) is 0 Å². The Bertz CT molecular complexity index is 191. The fourth-order valence-corrected chi connectivity index (χ4v) is 1.03. The van der Waals surface area contributed by atoms with E-state index in [1.165, 1.54) is 0 Å². The molecule has 0 aromatic carbocycles. The van der Waals surface area contributed by atoms with Gasteiger partial charge >= 0.3 is 0 Å². The highest BCUT2D eigenvalue weighted by Gasteiger charge is 2.13. The summed E-state index contributed by atoms with van der Waals surface area (Å²) in [4.78, 5) is 0. The van der Waals surface area contributed by atoms with Crippen LogP contribution in [0.3, 0.4) is 0 Å². The third-order valence-corrected chi connectivity index (χ3v) is 1.50. The summed E-state index contributed by atoms with van der Waals surface area (Å²) in [5.74, 6) is 0. The summed E-state index contributed by atoms with van der Waals surface area (Å²) in [6, 6.07) is 0.440. The van der Waals surface area contributed by atoms with E-state index < -0.39 is 0 Å². The molecule has 2 nitrogen and oxygen atoms in total. The average molecular weight is 120 g/mol. The highest BCUT2D eigenvalue weighted by atomic mass is 15.5. The van der Waals surface area contributed by atoms with E-state index in [2.05, 4.69) is 23.7 Å². The lowest BCUT2D eigenvalue weighted by molar-refractivity contribution is 0.324. The van der Waals surface area contributed by atoms with Gasteiger partial charge in [0.15, 0.2) is 0 Å². The Labute approximate surface area is 54.1 Å². The van der Waals surface area contributed by atoms with Crippen LogP contribution in [0.4, 0.5) is 0 Å². The number of hydrogen-bond donors (Lipinski definition) is 1. The minimum atomic E-state index is 0.440. The zero-order chi connectivity index (χ0) is 6.10. The van der Waals surface area contributed by atoms with Crippen molar-refractivity contribution < 1.29 is 0 Å². The first-order valence-electron chi connectivity index (χ1n) is 3.03. The minimum absolute atomic E-state index is 0.440. The minimum Gasteiger partial charge on any atom is -0.306 e. The Balaban J connectivity index is 2.25. The summed E-state index contributed by atoms with van der Waals surface area (Å²) in [6.07, 6.45) is 12.3. The second-order valence-electron chi connectivity index (χ2n) is 2.11. The highest BCUT2D eigenvalue weighted by Crippen LogP contribution is 2.10. The molecule has 2 heterocycles. The van der Waals surface area contributed by atoms with E-state index >= 15 is 0 Å². The summed E-state index contributed by atoms with van der Waals surface area (Å²) in [7, 11) is 0. The van der Waals surface area contributed by atoms with Gasteiger partial charge in [-0.1, -0.05) is 12.2 Å². The molecule has 1 N–H and O–H groups in total. The van der Waals surface area contributed by atoms with Crippen molar-refractivity contribution >= 4 is 0 Å². The van der Waals surface area contributed by atoms with Gasteiger partial charge in [-0.2, -0.15) is 0 Å². The molecule has 2 aliphatic rings. The topological polar surface area (TPSA) is 15.3 Å². The normalized spacial score (nSPS) is 28.4. The van der Waals surface area contributed by atoms with Crippen LogP contribution < -0.4 is 5.43 Å². The van der Waals surface area contributed by atoms with E-state index in [0.717, 1.165) is 0 Å². The van der Waals surface area contributed by atoms with Crippen LogP contribution in [-0.4, -0.2) is 11.1 Å². The quantitative estimate of drug-likeness (QED) is 0.508. The molecule has 0 saturated heterocycles. The van der Waals surface area contributed by atoms with Crippen molar-refractivity contribution in [3.05, 3.63) is 36.7 Å². The summed E-state index contributed by atoms with van der Waals surface area (Å²) in [5.41, 5.74) is 3.07. The third kappa shape index (κ3) is 0.633. The summed E-state index contributed by atoms with van der Waals surface area (Å²) in [6.45, 7) is 0. The molecular weight excluding hydrogens is 112 g/mol. The molecule has 0 saturated carbocycles. The zero-order valence-electron chi connectivity index (χ0n) is 4.99. The smallest absolute Gasteiger partial charge is 0.0878 e. The maximum absolute atomic E-state index is 3.07. The first-order valence-corrected chi connectivity index (χ1v) is 3.03. The number of nitrogens with zero attached hydrogens (tertiary/aromatic N) is 1. The second kappa shape index (κ2) is 1.65. The molecule has 0 aromatic heterocycles. The highest BCUT2D eigenvalue weighted by molar-refractivity contribution is 5.20. The molecule has 9 heavy (non-hydrogen) atoms. The van der Waals surface area contributed by atoms with E-state index in [1.54, 1.807) is 0 Å². The molecule has 1 atom stereocenters. The molecule has 0 amide bonds. The van der Waals surface area contributed by atoms with Crippen molar-refractivity contribution in [1.29, 1.82) is 0 Å². The Morgan fingerprint density at radius 1 is 1.22 bits per heavy atom. The molecular formula is C7H8N2. The van der Waals surface area contributed by atoms with E-state index in [1.807, 2.05) is 23.5 Å². The van der Waals surface area contributed by atoms with Gasteiger partial charge < -0.3 is 5.43 Å². The van der Waals surface area contributed by atoms with Crippen LogP contribution in [0.25, 0.3) is 0 Å². The number of allylic oxidation sites excluding steroid dienone is 2.